The third-order valence-corrected chi connectivity index (χ3v) is 6.13. The number of carbonyl (C=O) groups is 2. The maximum absolute atomic E-state index is 12.6. The van der Waals surface area contributed by atoms with Gasteiger partial charge in [0.25, 0.3) is 0 Å². The first-order chi connectivity index (χ1) is 14.7. The molecule has 2 aliphatic heterocycles. The number of rotatable bonds is 7. The normalized spacial score (nSPS) is 18.0. The van der Waals surface area contributed by atoms with E-state index >= 15 is 0 Å². The van der Waals surface area contributed by atoms with Crippen molar-refractivity contribution in [3.8, 4) is 5.75 Å². The average molecular weight is 430 g/mol. The highest BCUT2D eigenvalue weighted by atomic mass is 16.3. The van der Waals surface area contributed by atoms with E-state index in [1.807, 2.05) is 54.8 Å². The molecule has 0 spiro atoms. The third-order valence-electron chi connectivity index (χ3n) is 6.13. The topological polar surface area (TPSA) is 79.4 Å². The van der Waals surface area contributed by atoms with Gasteiger partial charge in [-0.2, -0.15) is 0 Å². The van der Waals surface area contributed by atoms with Gasteiger partial charge in [0.2, 0.25) is 11.8 Å². The Kier molecular flexibility index (Phi) is 7.56. The molecule has 3 rings (SSSR count). The summed E-state index contributed by atoms with van der Waals surface area (Å²) in [6, 6.07) is 3.97. The summed E-state index contributed by atoms with van der Waals surface area (Å²) in [5.41, 5.74) is 2.68. The van der Waals surface area contributed by atoms with Crippen LogP contribution in [0.2, 0.25) is 0 Å². The Morgan fingerprint density at radius 1 is 1.10 bits per heavy atom. The first-order valence-electron chi connectivity index (χ1n) is 10.9. The van der Waals surface area contributed by atoms with Crippen LogP contribution in [0.1, 0.15) is 11.1 Å². The Hall–Kier alpha value is -2.58. The fraction of sp³-hybridized carbons (Fsp3) is 0.565. The SMILES string of the molecule is Cc1cc(O)c(NCC(=O)N2CCN(C3CN(C(=O)/C=C/CN(C)C)C3)CC2)cc1C. The molecule has 0 aromatic heterocycles. The van der Waals surface area contributed by atoms with Crippen LogP contribution in [-0.2, 0) is 9.59 Å². The molecule has 170 valence electrons. The van der Waals surface area contributed by atoms with Crippen molar-refractivity contribution < 1.29 is 14.7 Å². The highest BCUT2D eigenvalue weighted by molar-refractivity contribution is 5.88. The van der Waals surface area contributed by atoms with Crippen molar-refractivity contribution in [2.75, 3.05) is 71.8 Å². The molecule has 31 heavy (non-hydrogen) atoms. The van der Waals surface area contributed by atoms with Gasteiger partial charge in [-0.1, -0.05) is 6.08 Å². The molecule has 0 bridgehead atoms. The number of hydrogen-bond acceptors (Lipinski definition) is 6. The predicted molar refractivity (Wildman–Crippen MR) is 122 cm³/mol. The number of likely N-dealkylation sites (N-methyl/N-ethyl adjacent to an activating group) is 1. The summed E-state index contributed by atoms with van der Waals surface area (Å²) in [5.74, 6) is 0.280. The molecule has 1 aromatic carbocycles. The van der Waals surface area contributed by atoms with Crippen molar-refractivity contribution in [3.05, 3.63) is 35.4 Å². The lowest BCUT2D eigenvalue weighted by Crippen LogP contribution is -2.64. The molecule has 2 heterocycles. The van der Waals surface area contributed by atoms with Crippen LogP contribution in [0.5, 0.6) is 5.75 Å². The largest absolute Gasteiger partial charge is 0.506 e. The zero-order chi connectivity index (χ0) is 22.5. The minimum atomic E-state index is 0.0359. The number of aromatic hydroxyl groups is 1. The number of hydrogen-bond donors (Lipinski definition) is 2. The summed E-state index contributed by atoms with van der Waals surface area (Å²) in [6.45, 7) is 9.39. The lowest BCUT2D eigenvalue weighted by molar-refractivity contribution is -0.135. The molecular formula is C23H35N5O3. The molecule has 0 unspecified atom stereocenters. The second-order valence-electron chi connectivity index (χ2n) is 8.79. The summed E-state index contributed by atoms with van der Waals surface area (Å²) in [5, 5.41) is 13.1. The van der Waals surface area contributed by atoms with Crippen molar-refractivity contribution in [2.24, 2.45) is 0 Å². The Bertz CT molecular complexity index is 825. The molecule has 1 aromatic rings. The molecule has 2 N–H and O–H groups in total. The number of phenols is 1. The third kappa shape index (κ3) is 5.98. The van der Waals surface area contributed by atoms with Crippen LogP contribution in [0, 0.1) is 13.8 Å². The van der Waals surface area contributed by atoms with Crippen molar-refractivity contribution in [1.29, 1.82) is 0 Å². The maximum Gasteiger partial charge on any atom is 0.246 e. The van der Waals surface area contributed by atoms with Gasteiger partial charge in [0.15, 0.2) is 0 Å². The van der Waals surface area contributed by atoms with Gasteiger partial charge in [-0.05, 0) is 51.2 Å². The van der Waals surface area contributed by atoms with Gasteiger partial charge in [-0.15, -0.1) is 0 Å². The molecule has 0 atom stereocenters. The lowest BCUT2D eigenvalue weighted by Gasteiger charge is -2.47. The minimum Gasteiger partial charge on any atom is -0.506 e. The number of nitrogens with zero attached hydrogens (tertiary/aromatic N) is 4. The Morgan fingerprint density at radius 3 is 2.39 bits per heavy atom. The van der Waals surface area contributed by atoms with Crippen LogP contribution < -0.4 is 5.32 Å². The van der Waals surface area contributed by atoms with Gasteiger partial charge in [-0.25, -0.2) is 0 Å². The lowest BCUT2D eigenvalue weighted by atomic mass is 10.1. The molecular weight excluding hydrogens is 394 g/mol. The fourth-order valence-corrected chi connectivity index (χ4v) is 3.90. The van der Waals surface area contributed by atoms with Crippen LogP contribution in [0.4, 0.5) is 5.69 Å². The van der Waals surface area contributed by atoms with Crippen LogP contribution in [0.3, 0.4) is 0 Å². The number of nitrogens with one attached hydrogen (secondary N) is 1. The van der Waals surface area contributed by atoms with Gasteiger partial charge in [0.05, 0.1) is 12.2 Å². The standard InChI is InChI=1S/C23H35N5O3/c1-17-12-20(21(29)13-18(17)2)24-14-23(31)27-10-8-26(9-11-27)19-15-28(16-19)22(30)6-5-7-25(3)4/h5-6,12-13,19,24,29H,7-11,14-16H2,1-4H3/b6-5+. The van der Waals surface area contributed by atoms with E-state index in [0.717, 1.165) is 43.9 Å². The molecule has 0 saturated carbocycles. The van der Waals surface area contributed by atoms with Crippen LogP contribution in [0.15, 0.2) is 24.3 Å². The number of likely N-dealkylation sites (tertiary alicyclic amines) is 1. The Morgan fingerprint density at radius 2 is 1.74 bits per heavy atom. The Balaban J connectivity index is 1.38. The van der Waals surface area contributed by atoms with Crippen molar-refractivity contribution in [1.82, 2.24) is 19.6 Å². The second kappa shape index (κ2) is 10.2. The highest BCUT2D eigenvalue weighted by Gasteiger charge is 2.35. The summed E-state index contributed by atoms with van der Waals surface area (Å²) < 4.78 is 0. The number of benzene rings is 1. The van der Waals surface area contributed by atoms with Crippen LogP contribution >= 0.6 is 0 Å². The highest BCUT2D eigenvalue weighted by Crippen LogP contribution is 2.26. The van der Waals surface area contributed by atoms with E-state index in [0.29, 0.717) is 24.8 Å². The quantitative estimate of drug-likeness (QED) is 0.495. The number of carbonyl (C=O) groups excluding carboxylic acids is 2. The van der Waals surface area contributed by atoms with Gasteiger partial charge in [0, 0.05) is 57.9 Å². The zero-order valence-electron chi connectivity index (χ0n) is 19.1. The number of phenolic OH excluding ortho intramolecular Hbond substituents is 1. The number of aryl methyl sites for hydroxylation is 2. The van der Waals surface area contributed by atoms with Crippen LogP contribution in [-0.4, -0.2) is 109 Å². The molecule has 8 heteroatoms. The number of anilines is 1. The number of piperazine rings is 1. The van der Waals surface area contributed by atoms with E-state index in [1.54, 1.807) is 12.1 Å². The van der Waals surface area contributed by atoms with Gasteiger partial charge >= 0.3 is 0 Å². The second-order valence-corrected chi connectivity index (χ2v) is 8.79. The van der Waals surface area contributed by atoms with Gasteiger partial charge < -0.3 is 25.1 Å². The summed E-state index contributed by atoms with van der Waals surface area (Å²) >= 11 is 0. The monoisotopic (exact) mass is 429 g/mol. The number of amides is 2. The zero-order valence-corrected chi connectivity index (χ0v) is 19.1. The molecule has 2 amide bonds. The van der Waals surface area contributed by atoms with Crippen molar-refractivity contribution in [3.63, 3.8) is 0 Å². The van der Waals surface area contributed by atoms with Gasteiger partial charge in [0.1, 0.15) is 5.75 Å². The molecule has 8 nitrogen and oxygen atoms in total. The van der Waals surface area contributed by atoms with Gasteiger partial charge in [-0.3, -0.25) is 14.5 Å². The summed E-state index contributed by atoms with van der Waals surface area (Å²) in [4.78, 5) is 32.9. The molecule has 0 radical (unpaired) electrons. The maximum atomic E-state index is 12.6. The van der Waals surface area contributed by atoms with E-state index in [2.05, 4.69) is 10.2 Å². The van der Waals surface area contributed by atoms with Crippen LogP contribution in [0.25, 0.3) is 0 Å². The van der Waals surface area contributed by atoms with Crippen molar-refractivity contribution >= 4 is 17.5 Å². The molecule has 0 aliphatic carbocycles. The van der Waals surface area contributed by atoms with E-state index in [-0.39, 0.29) is 24.1 Å². The first kappa shape index (κ1) is 23.1. The van der Waals surface area contributed by atoms with Crippen molar-refractivity contribution in [2.45, 2.75) is 19.9 Å². The first-order valence-corrected chi connectivity index (χ1v) is 10.9. The minimum absolute atomic E-state index is 0.0359. The van der Waals surface area contributed by atoms with E-state index in [4.69, 9.17) is 0 Å². The van der Waals surface area contributed by atoms with E-state index in [1.165, 1.54) is 0 Å². The molecule has 2 fully saturated rings. The summed E-state index contributed by atoms with van der Waals surface area (Å²) in [7, 11) is 3.95. The predicted octanol–water partition coefficient (Wildman–Crippen LogP) is 0.894. The average Bonchev–Trinajstić information content (AvgIpc) is 2.68. The smallest absolute Gasteiger partial charge is 0.246 e. The van der Waals surface area contributed by atoms with E-state index in [9.17, 15) is 14.7 Å². The molecule has 2 saturated heterocycles. The molecule has 2 aliphatic rings. The Labute approximate surface area is 185 Å². The fourth-order valence-electron chi connectivity index (χ4n) is 3.90. The summed E-state index contributed by atoms with van der Waals surface area (Å²) in [6.07, 6.45) is 3.55. The van der Waals surface area contributed by atoms with E-state index < -0.39 is 0 Å².